The van der Waals surface area contributed by atoms with Crippen LogP contribution in [0.5, 0.6) is 5.75 Å². The SMILES string of the molecule is CCCCCCCCCCCCCC(=O)NC(=S)Nc1ccccc1O. The number of hydrogen-bond donors (Lipinski definition) is 3. The molecule has 1 amide bonds. The second kappa shape index (κ2) is 14.5. The predicted molar refractivity (Wildman–Crippen MR) is 114 cm³/mol. The minimum absolute atomic E-state index is 0.0751. The van der Waals surface area contributed by atoms with Crippen LogP contribution < -0.4 is 10.6 Å². The molecule has 0 radical (unpaired) electrons. The molecule has 0 aliphatic carbocycles. The van der Waals surface area contributed by atoms with Crippen molar-refractivity contribution in [2.45, 2.75) is 84.0 Å². The Bertz CT molecular complexity index is 534. The van der Waals surface area contributed by atoms with E-state index in [0.717, 1.165) is 12.8 Å². The lowest BCUT2D eigenvalue weighted by molar-refractivity contribution is -0.119. The van der Waals surface area contributed by atoms with Gasteiger partial charge in [0.1, 0.15) is 5.75 Å². The van der Waals surface area contributed by atoms with E-state index in [2.05, 4.69) is 17.6 Å². The predicted octanol–water partition coefficient (Wildman–Crippen LogP) is 5.91. The van der Waals surface area contributed by atoms with Crippen LogP contribution in [0.25, 0.3) is 0 Å². The standard InChI is InChI=1S/C21H34N2O2S/c1-2-3-4-5-6-7-8-9-10-11-12-17-20(25)23-21(26)22-18-15-13-14-16-19(18)24/h13-16,24H,2-12,17H2,1H3,(H2,22,23,25,26). The van der Waals surface area contributed by atoms with Crippen LogP contribution >= 0.6 is 12.2 Å². The molecule has 0 spiro atoms. The molecule has 0 fully saturated rings. The summed E-state index contributed by atoms with van der Waals surface area (Å²) in [6.45, 7) is 2.25. The van der Waals surface area contributed by atoms with Crippen molar-refractivity contribution in [2.75, 3.05) is 5.32 Å². The van der Waals surface area contributed by atoms with E-state index >= 15 is 0 Å². The van der Waals surface area contributed by atoms with Crippen LogP contribution in [0, 0.1) is 0 Å². The van der Waals surface area contributed by atoms with Crippen molar-refractivity contribution in [1.29, 1.82) is 0 Å². The number of phenolic OH excluding ortho intramolecular Hbond substituents is 1. The number of nitrogens with one attached hydrogen (secondary N) is 2. The van der Waals surface area contributed by atoms with Crippen molar-refractivity contribution in [3.63, 3.8) is 0 Å². The summed E-state index contributed by atoms with van der Waals surface area (Å²) in [4.78, 5) is 11.9. The number of thiocarbonyl (C=S) groups is 1. The van der Waals surface area contributed by atoms with E-state index in [4.69, 9.17) is 12.2 Å². The van der Waals surface area contributed by atoms with E-state index in [1.54, 1.807) is 24.3 Å². The molecule has 1 aromatic carbocycles. The highest BCUT2D eigenvalue weighted by atomic mass is 32.1. The van der Waals surface area contributed by atoms with Crippen LogP contribution in [0.2, 0.25) is 0 Å². The summed E-state index contributed by atoms with van der Waals surface area (Å²) in [6.07, 6.45) is 14.4. The molecule has 5 heteroatoms. The van der Waals surface area contributed by atoms with Crippen LogP contribution in [0.4, 0.5) is 5.69 Å². The van der Waals surface area contributed by atoms with Crippen LogP contribution in [0.15, 0.2) is 24.3 Å². The van der Waals surface area contributed by atoms with Gasteiger partial charge in [-0.05, 0) is 30.8 Å². The Kier molecular flexibility index (Phi) is 12.5. The fourth-order valence-electron chi connectivity index (χ4n) is 2.87. The Morgan fingerprint density at radius 2 is 1.46 bits per heavy atom. The summed E-state index contributed by atoms with van der Waals surface area (Å²) in [6, 6.07) is 6.79. The zero-order valence-electron chi connectivity index (χ0n) is 16.1. The first kappa shape index (κ1) is 22.4. The summed E-state index contributed by atoms with van der Waals surface area (Å²) in [5.74, 6) is 0.0308. The number of amides is 1. The number of para-hydroxylation sites is 2. The Hall–Kier alpha value is -1.62. The third-order valence-electron chi connectivity index (χ3n) is 4.41. The lowest BCUT2D eigenvalue weighted by atomic mass is 10.1. The first-order valence-corrected chi connectivity index (χ1v) is 10.4. The molecule has 0 aliphatic rings. The molecule has 26 heavy (non-hydrogen) atoms. The summed E-state index contributed by atoms with van der Waals surface area (Å²) < 4.78 is 0. The summed E-state index contributed by atoms with van der Waals surface area (Å²) in [5.41, 5.74) is 0.493. The highest BCUT2D eigenvalue weighted by molar-refractivity contribution is 7.80. The maximum Gasteiger partial charge on any atom is 0.226 e. The highest BCUT2D eigenvalue weighted by Gasteiger charge is 2.06. The Labute approximate surface area is 163 Å². The summed E-state index contributed by atoms with van der Waals surface area (Å²) in [5, 5.41) is 15.4. The molecule has 0 heterocycles. The average Bonchev–Trinajstić information content (AvgIpc) is 2.61. The van der Waals surface area contributed by atoms with Crippen molar-refractivity contribution in [2.24, 2.45) is 0 Å². The van der Waals surface area contributed by atoms with E-state index in [1.807, 2.05) is 0 Å². The van der Waals surface area contributed by atoms with E-state index in [9.17, 15) is 9.90 Å². The number of unbranched alkanes of at least 4 members (excludes halogenated alkanes) is 10. The minimum Gasteiger partial charge on any atom is -0.506 e. The number of hydrogen-bond acceptors (Lipinski definition) is 3. The van der Waals surface area contributed by atoms with Crippen molar-refractivity contribution >= 4 is 28.9 Å². The van der Waals surface area contributed by atoms with E-state index in [1.165, 1.54) is 57.8 Å². The van der Waals surface area contributed by atoms with Crippen molar-refractivity contribution in [3.05, 3.63) is 24.3 Å². The maximum atomic E-state index is 11.9. The second-order valence-electron chi connectivity index (χ2n) is 6.80. The number of rotatable bonds is 13. The zero-order chi connectivity index (χ0) is 19.0. The van der Waals surface area contributed by atoms with Gasteiger partial charge < -0.3 is 15.7 Å². The normalized spacial score (nSPS) is 10.5. The first-order valence-electron chi connectivity index (χ1n) is 10.0. The Balaban J connectivity index is 1.98. The molecule has 0 atom stereocenters. The maximum absolute atomic E-state index is 11.9. The lowest BCUT2D eigenvalue weighted by Gasteiger charge is -2.10. The minimum atomic E-state index is -0.0751. The van der Waals surface area contributed by atoms with Gasteiger partial charge in [0.25, 0.3) is 0 Å². The van der Waals surface area contributed by atoms with Crippen molar-refractivity contribution < 1.29 is 9.90 Å². The molecular formula is C21H34N2O2S. The zero-order valence-corrected chi connectivity index (χ0v) is 16.9. The summed E-state index contributed by atoms with van der Waals surface area (Å²) >= 11 is 5.11. The quantitative estimate of drug-likeness (QED) is 0.227. The molecule has 1 aromatic rings. The van der Waals surface area contributed by atoms with Gasteiger partial charge in [-0.2, -0.15) is 0 Å². The number of phenols is 1. The number of carbonyl (C=O) groups is 1. The topological polar surface area (TPSA) is 61.4 Å². The van der Waals surface area contributed by atoms with Gasteiger partial charge in [-0.1, -0.05) is 83.3 Å². The summed E-state index contributed by atoms with van der Waals surface area (Å²) in [7, 11) is 0. The molecule has 146 valence electrons. The smallest absolute Gasteiger partial charge is 0.226 e. The van der Waals surface area contributed by atoms with Crippen molar-refractivity contribution in [3.8, 4) is 5.75 Å². The van der Waals surface area contributed by atoms with E-state index < -0.39 is 0 Å². The van der Waals surface area contributed by atoms with Crippen LogP contribution in [-0.4, -0.2) is 16.1 Å². The van der Waals surface area contributed by atoms with Gasteiger partial charge >= 0.3 is 0 Å². The van der Waals surface area contributed by atoms with Gasteiger partial charge in [0, 0.05) is 6.42 Å². The van der Waals surface area contributed by atoms with E-state index in [-0.39, 0.29) is 16.8 Å². The van der Waals surface area contributed by atoms with Gasteiger partial charge in [0.05, 0.1) is 5.69 Å². The first-order chi connectivity index (χ1) is 12.6. The van der Waals surface area contributed by atoms with Gasteiger partial charge in [-0.25, -0.2) is 0 Å². The third-order valence-corrected chi connectivity index (χ3v) is 4.62. The Morgan fingerprint density at radius 1 is 0.923 bits per heavy atom. The third kappa shape index (κ3) is 11.1. The van der Waals surface area contributed by atoms with Crippen LogP contribution in [0.3, 0.4) is 0 Å². The molecular weight excluding hydrogens is 344 g/mol. The Morgan fingerprint density at radius 3 is 2.04 bits per heavy atom. The molecule has 0 aliphatic heterocycles. The average molecular weight is 379 g/mol. The molecule has 0 saturated carbocycles. The molecule has 0 aromatic heterocycles. The van der Waals surface area contributed by atoms with Gasteiger partial charge in [-0.15, -0.1) is 0 Å². The van der Waals surface area contributed by atoms with Gasteiger partial charge in [0.15, 0.2) is 5.11 Å². The largest absolute Gasteiger partial charge is 0.506 e. The van der Waals surface area contributed by atoms with Gasteiger partial charge in [0.2, 0.25) is 5.91 Å². The van der Waals surface area contributed by atoms with E-state index in [0.29, 0.717) is 12.1 Å². The lowest BCUT2D eigenvalue weighted by Crippen LogP contribution is -2.33. The van der Waals surface area contributed by atoms with Crippen LogP contribution in [0.1, 0.15) is 84.0 Å². The number of carbonyl (C=O) groups excluding carboxylic acids is 1. The number of aromatic hydroxyl groups is 1. The number of benzene rings is 1. The fraction of sp³-hybridized carbons (Fsp3) is 0.619. The van der Waals surface area contributed by atoms with Crippen LogP contribution in [-0.2, 0) is 4.79 Å². The molecule has 1 rings (SSSR count). The van der Waals surface area contributed by atoms with Gasteiger partial charge in [-0.3, -0.25) is 4.79 Å². The second-order valence-corrected chi connectivity index (χ2v) is 7.21. The monoisotopic (exact) mass is 378 g/mol. The number of anilines is 1. The molecule has 0 unspecified atom stereocenters. The molecule has 3 N–H and O–H groups in total. The molecule has 0 bridgehead atoms. The fourth-order valence-corrected chi connectivity index (χ4v) is 3.10. The highest BCUT2D eigenvalue weighted by Crippen LogP contribution is 2.21. The molecule has 4 nitrogen and oxygen atoms in total. The van der Waals surface area contributed by atoms with Crippen molar-refractivity contribution in [1.82, 2.24) is 5.32 Å². The molecule has 0 saturated heterocycles.